The maximum atomic E-state index is 11.6. The number of carbonyl (C=O) groups excluding carboxylic acids is 3. The number of hydrogen-bond acceptors (Lipinski definition) is 4. The van der Waals surface area contributed by atoms with E-state index in [1.54, 1.807) is 11.9 Å². The number of imide groups is 1. The van der Waals surface area contributed by atoms with Gasteiger partial charge in [0.05, 0.1) is 5.75 Å². The second-order valence-electron chi connectivity index (χ2n) is 4.11. The highest BCUT2D eigenvalue weighted by molar-refractivity contribution is 8.14. The van der Waals surface area contributed by atoms with Gasteiger partial charge in [0.25, 0.3) is 5.24 Å². The van der Waals surface area contributed by atoms with Crippen LogP contribution in [0.5, 0.6) is 0 Å². The molecule has 0 aromatic rings. The Kier molecular flexibility index (Phi) is 5.97. The predicted octanol–water partition coefficient (Wildman–Crippen LogP) is 1.12. The van der Waals surface area contributed by atoms with E-state index in [4.69, 9.17) is 0 Å². The van der Waals surface area contributed by atoms with Crippen LogP contribution in [0, 0.1) is 0 Å². The number of hydrogen-bond donors (Lipinski definition) is 1. The Hall–Kier alpha value is -1.24. The average Bonchev–Trinajstić information content (AvgIpc) is 2.67. The van der Waals surface area contributed by atoms with E-state index in [1.165, 1.54) is 4.90 Å². The van der Waals surface area contributed by atoms with Crippen molar-refractivity contribution >= 4 is 28.9 Å². The zero-order valence-corrected chi connectivity index (χ0v) is 11.6. The molecule has 1 fully saturated rings. The molecule has 1 aliphatic heterocycles. The lowest BCUT2D eigenvalue weighted by atomic mass is 10.3. The summed E-state index contributed by atoms with van der Waals surface area (Å²) >= 11 is 1.00. The van der Waals surface area contributed by atoms with Gasteiger partial charge in [-0.1, -0.05) is 25.1 Å². The summed E-state index contributed by atoms with van der Waals surface area (Å²) in [5, 5.41) is 2.46. The van der Waals surface area contributed by atoms with Gasteiger partial charge < -0.3 is 10.2 Å². The van der Waals surface area contributed by atoms with E-state index in [9.17, 15) is 14.4 Å². The smallest absolute Gasteiger partial charge is 0.317 e. The summed E-state index contributed by atoms with van der Waals surface area (Å²) in [6.45, 7) is 3.32. The number of carbonyl (C=O) groups is 3. The second-order valence-corrected chi connectivity index (χ2v) is 5.03. The molecule has 1 heterocycles. The Balaban J connectivity index is 2.22. The molecular weight excluding hydrogens is 254 g/mol. The third-order valence-corrected chi connectivity index (χ3v) is 3.50. The fourth-order valence-corrected chi connectivity index (χ4v) is 2.26. The summed E-state index contributed by atoms with van der Waals surface area (Å²) in [6, 6.07) is -0.171. The van der Waals surface area contributed by atoms with Crippen LogP contribution in [0.4, 0.5) is 9.59 Å². The number of unbranched alkanes of at least 4 members (excludes halogenated alkanes) is 1. The molecule has 0 saturated carbocycles. The van der Waals surface area contributed by atoms with Crippen LogP contribution in [0.2, 0.25) is 0 Å². The highest BCUT2D eigenvalue weighted by Crippen LogP contribution is 2.17. The van der Waals surface area contributed by atoms with E-state index < -0.39 is 0 Å². The molecule has 4 amide bonds. The molecule has 1 aliphatic rings. The van der Waals surface area contributed by atoms with Crippen molar-refractivity contribution in [3.63, 3.8) is 0 Å². The van der Waals surface area contributed by atoms with Crippen molar-refractivity contribution in [1.82, 2.24) is 15.1 Å². The number of rotatable bonds is 6. The predicted molar refractivity (Wildman–Crippen MR) is 70.5 cm³/mol. The normalized spacial score (nSPS) is 15.1. The maximum absolute atomic E-state index is 11.6. The van der Waals surface area contributed by atoms with Crippen molar-refractivity contribution in [2.24, 2.45) is 0 Å². The van der Waals surface area contributed by atoms with Gasteiger partial charge in [0.1, 0.15) is 0 Å². The summed E-state index contributed by atoms with van der Waals surface area (Å²) < 4.78 is 0. The average molecular weight is 273 g/mol. The van der Waals surface area contributed by atoms with Crippen LogP contribution in [0.3, 0.4) is 0 Å². The van der Waals surface area contributed by atoms with Crippen LogP contribution < -0.4 is 5.32 Å². The highest BCUT2D eigenvalue weighted by Gasteiger charge is 2.29. The molecule has 0 unspecified atom stereocenters. The molecule has 0 aliphatic carbocycles. The fourth-order valence-electron chi connectivity index (χ4n) is 1.50. The molecule has 0 spiro atoms. The Bertz CT molecular complexity index is 319. The summed E-state index contributed by atoms with van der Waals surface area (Å²) in [6.07, 6.45) is 2.00. The Morgan fingerprint density at radius 2 is 2.22 bits per heavy atom. The van der Waals surface area contributed by atoms with Crippen molar-refractivity contribution in [2.75, 3.05) is 32.4 Å². The zero-order valence-electron chi connectivity index (χ0n) is 10.8. The lowest BCUT2D eigenvalue weighted by Crippen LogP contribution is -2.42. The van der Waals surface area contributed by atoms with Gasteiger partial charge in [-0.25, -0.2) is 4.79 Å². The molecule has 18 heavy (non-hydrogen) atoms. The molecule has 1 rings (SSSR count). The molecule has 0 aromatic heterocycles. The molecule has 0 atom stereocenters. The monoisotopic (exact) mass is 273 g/mol. The Labute approximate surface area is 111 Å². The standard InChI is InChI=1S/C11H19N3O3S/c1-3-4-6-13(2)10(16)12-5-7-14-9(15)8-18-11(14)17/h3-8H2,1-2H3,(H,12,16). The summed E-state index contributed by atoms with van der Waals surface area (Å²) in [7, 11) is 1.73. The first-order valence-electron chi connectivity index (χ1n) is 6.02. The minimum Gasteiger partial charge on any atom is -0.336 e. The molecule has 0 aromatic carbocycles. The van der Waals surface area contributed by atoms with Crippen molar-refractivity contribution in [3.8, 4) is 0 Å². The summed E-state index contributed by atoms with van der Waals surface area (Å²) in [5.74, 6) is 0.0296. The molecule has 102 valence electrons. The summed E-state index contributed by atoms with van der Waals surface area (Å²) in [4.78, 5) is 37.0. The van der Waals surface area contributed by atoms with E-state index in [0.29, 0.717) is 13.1 Å². The fraction of sp³-hybridized carbons (Fsp3) is 0.727. The molecule has 1 N–H and O–H groups in total. The first kappa shape index (κ1) is 14.8. The van der Waals surface area contributed by atoms with Gasteiger partial charge >= 0.3 is 6.03 Å². The van der Waals surface area contributed by atoms with Crippen LogP contribution in [-0.2, 0) is 4.79 Å². The first-order chi connectivity index (χ1) is 8.56. The third-order valence-electron chi connectivity index (χ3n) is 2.65. The van der Waals surface area contributed by atoms with Crippen LogP contribution in [-0.4, -0.2) is 59.4 Å². The quantitative estimate of drug-likeness (QED) is 0.787. The lowest BCUT2D eigenvalue weighted by Gasteiger charge is -2.19. The number of nitrogens with zero attached hydrogens (tertiary/aromatic N) is 2. The van der Waals surface area contributed by atoms with Crippen LogP contribution in [0.25, 0.3) is 0 Å². The minimum atomic E-state index is -0.228. The second kappa shape index (κ2) is 7.25. The highest BCUT2D eigenvalue weighted by atomic mass is 32.2. The van der Waals surface area contributed by atoms with Crippen LogP contribution >= 0.6 is 11.8 Å². The molecule has 0 bridgehead atoms. The topological polar surface area (TPSA) is 69.7 Å². The van der Waals surface area contributed by atoms with E-state index in [0.717, 1.165) is 24.6 Å². The lowest BCUT2D eigenvalue weighted by molar-refractivity contribution is -0.124. The molecule has 0 radical (unpaired) electrons. The van der Waals surface area contributed by atoms with E-state index in [1.807, 2.05) is 0 Å². The van der Waals surface area contributed by atoms with E-state index >= 15 is 0 Å². The van der Waals surface area contributed by atoms with E-state index in [-0.39, 0.29) is 29.5 Å². The number of nitrogens with one attached hydrogen (secondary N) is 1. The zero-order chi connectivity index (χ0) is 13.5. The van der Waals surface area contributed by atoms with Gasteiger partial charge in [0, 0.05) is 26.7 Å². The van der Waals surface area contributed by atoms with Crippen molar-refractivity contribution in [2.45, 2.75) is 19.8 Å². The molecular formula is C11H19N3O3S. The largest absolute Gasteiger partial charge is 0.336 e. The minimum absolute atomic E-state index is 0.171. The van der Waals surface area contributed by atoms with Gasteiger partial charge in [0.15, 0.2) is 0 Å². The van der Waals surface area contributed by atoms with Gasteiger partial charge in [0.2, 0.25) is 5.91 Å². The molecule has 1 saturated heterocycles. The summed E-state index contributed by atoms with van der Waals surface area (Å²) in [5.41, 5.74) is 0. The van der Waals surface area contributed by atoms with Crippen molar-refractivity contribution < 1.29 is 14.4 Å². The Morgan fingerprint density at radius 3 is 2.78 bits per heavy atom. The maximum Gasteiger partial charge on any atom is 0.317 e. The van der Waals surface area contributed by atoms with Crippen molar-refractivity contribution in [1.29, 1.82) is 0 Å². The van der Waals surface area contributed by atoms with Crippen LogP contribution in [0.15, 0.2) is 0 Å². The Morgan fingerprint density at radius 1 is 1.50 bits per heavy atom. The van der Waals surface area contributed by atoms with Gasteiger partial charge in [-0.05, 0) is 6.42 Å². The number of urea groups is 1. The first-order valence-corrected chi connectivity index (χ1v) is 7.01. The van der Waals surface area contributed by atoms with Crippen molar-refractivity contribution in [3.05, 3.63) is 0 Å². The SMILES string of the molecule is CCCCN(C)C(=O)NCCN1C(=O)CSC1=O. The van der Waals surface area contributed by atoms with Gasteiger partial charge in [-0.2, -0.15) is 0 Å². The number of amides is 4. The van der Waals surface area contributed by atoms with Crippen LogP contribution in [0.1, 0.15) is 19.8 Å². The number of thioether (sulfide) groups is 1. The molecule has 7 heteroatoms. The molecule has 6 nitrogen and oxygen atoms in total. The third kappa shape index (κ3) is 4.21. The van der Waals surface area contributed by atoms with E-state index in [2.05, 4.69) is 12.2 Å². The van der Waals surface area contributed by atoms with Gasteiger partial charge in [-0.15, -0.1) is 0 Å². The van der Waals surface area contributed by atoms with Gasteiger partial charge in [-0.3, -0.25) is 14.5 Å².